The van der Waals surface area contributed by atoms with Crippen molar-refractivity contribution in [1.29, 1.82) is 0 Å². The van der Waals surface area contributed by atoms with Crippen molar-refractivity contribution in [3.05, 3.63) is 101 Å². The maximum atomic E-state index is 12.9. The van der Waals surface area contributed by atoms with E-state index < -0.39 is 0 Å². The van der Waals surface area contributed by atoms with Gasteiger partial charge < -0.3 is 14.5 Å². The first-order chi connectivity index (χ1) is 17.1. The van der Waals surface area contributed by atoms with Gasteiger partial charge in [0.1, 0.15) is 12.4 Å². The van der Waals surface area contributed by atoms with E-state index in [1.165, 1.54) is 0 Å². The van der Waals surface area contributed by atoms with E-state index in [-0.39, 0.29) is 11.8 Å². The minimum Gasteiger partial charge on any atom is -0.489 e. The number of nitrogens with zero attached hydrogens (tertiary/aromatic N) is 3. The zero-order chi connectivity index (χ0) is 24.2. The van der Waals surface area contributed by atoms with Crippen molar-refractivity contribution in [1.82, 2.24) is 14.7 Å². The van der Waals surface area contributed by atoms with Crippen LogP contribution in [0.5, 0.6) is 5.75 Å². The Morgan fingerprint density at radius 2 is 1.34 bits per heavy atom. The molecule has 5 rings (SSSR count). The molecule has 0 radical (unpaired) electrons. The van der Waals surface area contributed by atoms with Gasteiger partial charge in [0.2, 0.25) is 0 Å². The van der Waals surface area contributed by atoms with E-state index >= 15 is 0 Å². The van der Waals surface area contributed by atoms with Crippen LogP contribution in [0, 0.1) is 0 Å². The van der Waals surface area contributed by atoms with Crippen molar-refractivity contribution in [3.63, 3.8) is 0 Å². The molecular formula is C28H28ClN3O3. The Kier molecular flexibility index (Phi) is 7.02. The first-order valence-electron chi connectivity index (χ1n) is 11.9. The molecule has 2 aliphatic rings. The molecule has 3 aromatic rings. The van der Waals surface area contributed by atoms with Gasteiger partial charge in [-0.3, -0.25) is 14.5 Å². The zero-order valence-corrected chi connectivity index (χ0v) is 20.2. The lowest BCUT2D eigenvalue weighted by molar-refractivity contribution is 0.00853. The molecule has 0 N–H and O–H groups in total. The van der Waals surface area contributed by atoms with Crippen LogP contribution in [-0.4, -0.2) is 71.8 Å². The lowest BCUT2D eigenvalue weighted by Crippen LogP contribution is -2.64. The Bertz CT molecular complexity index is 1150. The number of rotatable bonds is 6. The van der Waals surface area contributed by atoms with Crippen LogP contribution in [0.25, 0.3) is 0 Å². The van der Waals surface area contributed by atoms with Crippen molar-refractivity contribution in [2.45, 2.75) is 12.6 Å². The number of amides is 2. The highest BCUT2D eigenvalue weighted by Gasteiger charge is 2.37. The minimum atomic E-state index is 0.0448. The fourth-order valence-corrected chi connectivity index (χ4v) is 4.66. The van der Waals surface area contributed by atoms with Gasteiger partial charge in [0.05, 0.1) is 0 Å². The summed E-state index contributed by atoms with van der Waals surface area (Å²) in [6.45, 7) is 5.00. The van der Waals surface area contributed by atoms with Gasteiger partial charge in [-0.25, -0.2) is 0 Å². The standard InChI is InChI=1S/C28H28ClN3O3/c29-24-10-6-21(7-11-24)20-35-26-12-8-23(9-13-26)28(34)32-18-25(19-32)30-14-16-31(17-15-30)27(33)22-4-2-1-3-5-22/h1-13,25H,14-20H2. The van der Waals surface area contributed by atoms with Crippen LogP contribution in [0.4, 0.5) is 0 Å². The third-order valence-corrected chi connectivity index (χ3v) is 6.96. The van der Waals surface area contributed by atoms with E-state index in [0.717, 1.165) is 56.1 Å². The molecule has 0 bridgehead atoms. The number of hydrogen-bond donors (Lipinski definition) is 0. The Morgan fingerprint density at radius 1 is 0.743 bits per heavy atom. The number of ether oxygens (including phenoxy) is 1. The second-order valence-electron chi connectivity index (χ2n) is 9.00. The number of likely N-dealkylation sites (tertiary alicyclic amines) is 1. The molecular weight excluding hydrogens is 462 g/mol. The van der Waals surface area contributed by atoms with Crippen LogP contribution >= 0.6 is 11.6 Å². The minimum absolute atomic E-state index is 0.0448. The van der Waals surface area contributed by atoms with Gasteiger partial charge in [-0.2, -0.15) is 0 Å². The SMILES string of the molecule is O=C(c1ccccc1)N1CCN(C2CN(C(=O)c3ccc(OCc4ccc(Cl)cc4)cc3)C2)CC1. The molecule has 0 atom stereocenters. The van der Waals surface area contributed by atoms with Crippen molar-refractivity contribution in [3.8, 4) is 5.75 Å². The number of benzene rings is 3. The summed E-state index contributed by atoms with van der Waals surface area (Å²) in [5, 5.41) is 0.699. The predicted octanol–water partition coefficient (Wildman–Crippen LogP) is 4.20. The quantitative estimate of drug-likeness (QED) is 0.520. The summed E-state index contributed by atoms with van der Waals surface area (Å²) in [5.74, 6) is 0.862. The number of carbonyl (C=O) groups is 2. The summed E-state index contributed by atoms with van der Waals surface area (Å²) in [5.41, 5.74) is 2.44. The summed E-state index contributed by atoms with van der Waals surface area (Å²) < 4.78 is 5.81. The first-order valence-corrected chi connectivity index (χ1v) is 12.3. The molecule has 3 aromatic carbocycles. The molecule has 0 saturated carbocycles. The van der Waals surface area contributed by atoms with Crippen LogP contribution in [-0.2, 0) is 6.61 Å². The Hall–Kier alpha value is -3.35. The van der Waals surface area contributed by atoms with Gasteiger partial charge in [-0.1, -0.05) is 41.9 Å². The van der Waals surface area contributed by atoms with E-state index in [2.05, 4.69) is 4.90 Å². The summed E-state index contributed by atoms with van der Waals surface area (Å²) >= 11 is 5.92. The lowest BCUT2D eigenvalue weighted by atomic mass is 10.0. The van der Waals surface area contributed by atoms with E-state index in [4.69, 9.17) is 16.3 Å². The third kappa shape index (κ3) is 5.50. The summed E-state index contributed by atoms with van der Waals surface area (Å²) in [7, 11) is 0. The highest BCUT2D eigenvalue weighted by Crippen LogP contribution is 2.22. The summed E-state index contributed by atoms with van der Waals surface area (Å²) in [4.78, 5) is 31.7. The molecule has 0 aliphatic carbocycles. The fraction of sp³-hybridized carbons (Fsp3) is 0.286. The smallest absolute Gasteiger partial charge is 0.253 e. The Morgan fingerprint density at radius 3 is 2.00 bits per heavy atom. The van der Waals surface area contributed by atoms with Crippen LogP contribution in [0.15, 0.2) is 78.9 Å². The van der Waals surface area contributed by atoms with Crippen molar-refractivity contribution >= 4 is 23.4 Å². The van der Waals surface area contributed by atoms with Gasteiger partial charge in [-0.15, -0.1) is 0 Å². The fourth-order valence-electron chi connectivity index (χ4n) is 4.53. The number of halogens is 1. The highest BCUT2D eigenvalue weighted by molar-refractivity contribution is 6.30. The molecule has 0 aromatic heterocycles. The maximum Gasteiger partial charge on any atom is 0.253 e. The van der Waals surface area contributed by atoms with Crippen LogP contribution in [0.2, 0.25) is 5.02 Å². The molecule has 2 fully saturated rings. The second-order valence-corrected chi connectivity index (χ2v) is 9.43. The van der Waals surface area contributed by atoms with E-state index in [9.17, 15) is 9.59 Å². The third-order valence-electron chi connectivity index (χ3n) is 6.71. The molecule has 2 heterocycles. The number of carbonyl (C=O) groups excluding carboxylic acids is 2. The molecule has 2 amide bonds. The largest absolute Gasteiger partial charge is 0.489 e. The molecule has 180 valence electrons. The topological polar surface area (TPSA) is 53.1 Å². The molecule has 6 nitrogen and oxygen atoms in total. The molecule has 0 unspecified atom stereocenters. The second kappa shape index (κ2) is 10.5. The molecule has 35 heavy (non-hydrogen) atoms. The maximum absolute atomic E-state index is 12.9. The van der Waals surface area contributed by atoms with Gasteiger partial charge in [0, 0.05) is 61.5 Å². The summed E-state index contributed by atoms with van der Waals surface area (Å²) in [6, 6.07) is 24.6. The molecule has 2 aliphatic heterocycles. The van der Waals surface area contributed by atoms with Gasteiger partial charge >= 0.3 is 0 Å². The zero-order valence-electron chi connectivity index (χ0n) is 19.5. The normalized spacial score (nSPS) is 16.6. The van der Waals surface area contributed by atoms with Crippen molar-refractivity contribution in [2.75, 3.05) is 39.3 Å². The number of hydrogen-bond acceptors (Lipinski definition) is 4. The van der Waals surface area contributed by atoms with Crippen LogP contribution in [0.3, 0.4) is 0 Å². The van der Waals surface area contributed by atoms with Gasteiger partial charge in [0.25, 0.3) is 11.8 Å². The monoisotopic (exact) mass is 489 g/mol. The van der Waals surface area contributed by atoms with E-state index in [1.807, 2.05) is 88.7 Å². The van der Waals surface area contributed by atoms with Gasteiger partial charge in [0.15, 0.2) is 0 Å². The Labute approximate surface area is 210 Å². The molecule has 0 spiro atoms. The van der Waals surface area contributed by atoms with Crippen LogP contribution < -0.4 is 4.74 Å². The van der Waals surface area contributed by atoms with E-state index in [1.54, 1.807) is 0 Å². The summed E-state index contributed by atoms with van der Waals surface area (Å²) in [6.07, 6.45) is 0. The lowest BCUT2D eigenvalue weighted by Gasteiger charge is -2.48. The predicted molar refractivity (Wildman–Crippen MR) is 136 cm³/mol. The number of piperazine rings is 1. The average Bonchev–Trinajstić information content (AvgIpc) is 2.88. The molecule has 2 saturated heterocycles. The van der Waals surface area contributed by atoms with Crippen molar-refractivity contribution < 1.29 is 14.3 Å². The first kappa shape index (κ1) is 23.4. The Balaban J connectivity index is 1.06. The van der Waals surface area contributed by atoms with Gasteiger partial charge in [-0.05, 0) is 54.1 Å². The van der Waals surface area contributed by atoms with E-state index in [0.29, 0.717) is 23.2 Å². The van der Waals surface area contributed by atoms with Crippen molar-refractivity contribution in [2.24, 2.45) is 0 Å². The highest BCUT2D eigenvalue weighted by atomic mass is 35.5. The van der Waals surface area contributed by atoms with Crippen LogP contribution in [0.1, 0.15) is 26.3 Å². The molecule has 7 heteroatoms. The average molecular weight is 490 g/mol.